The molecule has 0 radical (unpaired) electrons. The quantitative estimate of drug-likeness (QED) is 0.149. The molecule has 0 spiro atoms. The molecule has 0 aliphatic rings. The molecule has 0 aliphatic carbocycles. The third kappa shape index (κ3) is 5.38. The van der Waals surface area contributed by atoms with Crippen LogP contribution in [0.3, 0.4) is 0 Å². The summed E-state index contributed by atoms with van der Waals surface area (Å²) in [5.41, 5.74) is -1.62. The van der Waals surface area contributed by atoms with E-state index in [1.54, 1.807) is 6.92 Å². The first-order valence-electron chi connectivity index (χ1n) is 10.9. The number of phenolic OH excluding ortho intramolecular Hbond substituents is 1. The molecule has 0 amide bonds. The van der Waals surface area contributed by atoms with Crippen molar-refractivity contribution >= 4 is 29.5 Å². The fraction of sp³-hybridized carbons (Fsp3) is 0.0769. The van der Waals surface area contributed by atoms with Gasteiger partial charge in [0.05, 0.1) is 22.5 Å². The number of alkyl halides is 3. The van der Waals surface area contributed by atoms with Gasteiger partial charge in [-0.15, -0.1) is 10.2 Å². The predicted octanol–water partition coefficient (Wildman–Crippen LogP) is 6.62. The molecule has 0 fully saturated rings. The summed E-state index contributed by atoms with van der Waals surface area (Å²) < 4.78 is 54.2. The highest BCUT2D eigenvalue weighted by Gasteiger charge is 2.33. The lowest BCUT2D eigenvalue weighted by Crippen LogP contribution is -2.14. The molecule has 8 nitrogen and oxygen atoms in total. The SMILES string of the molecule is Cc1[nH]n(-c2cccc(C(=O)O)c2)c(=O)c1N=Nc1cccc(/C=C/c2ccc(F)cc2C(F)(F)F)c1O. The Morgan fingerprint density at radius 2 is 1.71 bits per heavy atom. The summed E-state index contributed by atoms with van der Waals surface area (Å²) >= 11 is 0. The van der Waals surface area contributed by atoms with Gasteiger partial charge in [-0.3, -0.25) is 9.89 Å². The standard InChI is InChI=1S/C26H18F4N4O4/c1-14-22(24(36)34(33-14)19-6-2-5-17(12-19)25(37)38)32-31-21-7-3-4-16(23(21)35)9-8-15-10-11-18(27)13-20(15)26(28,29)30/h2-13,33,35H,1H3,(H,37,38)/b9-8+,32-31?. The number of nitrogens with zero attached hydrogens (tertiary/aromatic N) is 3. The summed E-state index contributed by atoms with van der Waals surface area (Å²) in [6, 6.07) is 12.2. The number of H-pyrrole nitrogens is 1. The van der Waals surface area contributed by atoms with Crippen molar-refractivity contribution in [2.24, 2.45) is 10.2 Å². The smallest absolute Gasteiger partial charge is 0.417 e. The average Bonchev–Trinajstić information content (AvgIpc) is 3.15. The Balaban J connectivity index is 1.65. The van der Waals surface area contributed by atoms with Gasteiger partial charge in [0.2, 0.25) is 0 Å². The van der Waals surface area contributed by atoms with E-state index in [2.05, 4.69) is 15.3 Å². The number of azo groups is 1. The van der Waals surface area contributed by atoms with E-state index in [4.69, 9.17) is 0 Å². The Hall–Kier alpha value is -5.00. The van der Waals surface area contributed by atoms with Gasteiger partial charge in [-0.05, 0) is 48.9 Å². The molecule has 0 bridgehead atoms. The van der Waals surface area contributed by atoms with Crippen molar-refractivity contribution < 1.29 is 32.6 Å². The van der Waals surface area contributed by atoms with E-state index in [1.807, 2.05) is 0 Å². The minimum atomic E-state index is -4.78. The third-order valence-corrected chi connectivity index (χ3v) is 5.46. The second kappa shape index (κ2) is 10.2. The second-order valence-electron chi connectivity index (χ2n) is 8.06. The molecule has 3 aromatic carbocycles. The lowest BCUT2D eigenvalue weighted by Gasteiger charge is -2.10. The van der Waals surface area contributed by atoms with Crippen LogP contribution < -0.4 is 5.56 Å². The molecule has 0 saturated heterocycles. The van der Waals surface area contributed by atoms with E-state index in [0.717, 1.165) is 22.9 Å². The first kappa shape index (κ1) is 26.1. The normalized spacial score (nSPS) is 12.0. The highest BCUT2D eigenvalue weighted by molar-refractivity contribution is 5.88. The van der Waals surface area contributed by atoms with E-state index in [0.29, 0.717) is 11.8 Å². The Kier molecular flexibility index (Phi) is 6.98. The molecule has 4 rings (SSSR count). The van der Waals surface area contributed by atoms with Gasteiger partial charge in [-0.1, -0.05) is 36.4 Å². The maximum absolute atomic E-state index is 13.4. The van der Waals surface area contributed by atoms with Gasteiger partial charge in [0.1, 0.15) is 17.3 Å². The van der Waals surface area contributed by atoms with Crippen molar-refractivity contribution in [2.45, 2.75) is 13.1 Å². The molecule has 0 aliphatic heterocycles. The van der Waals surface area contributed by atoms with Gasteiger partial charge in [-0.25, -0.2) is 13.9 Å². The van der Waals surface area contributed by atoms with Crippen LogP contribution in [0.2, 0.25) is 0 Å². The highest BCUT2D eigenvalue weighted by Crippen LogP contribution is 2.35. The first-order chi connectivity index (χ1) is 18.0. The number of hydrogen-bond acceptors (Lipinski definition) is 5. The maximum Gasteiger partial charge on any atom is 0.417 e. The van der Waals surface area contributed by atoms with Gasteiger partial charge >= 0.3 is 12.1 Å². The van der Waals surface area contributed by atoms with Crippen LogP contribution >= 0.6 is 0 Å². The number of nitrogens with one attached hydrogen (secondary N) is 1. The number of hydrogen-bond donors (Lipinski definition) is 3. The topological polar surface area (TPSA) is 120 Å². The Bertz CT molecular complexity index is 1650. The molecule has 3 N–H and O–H groups in total. The van der Waals surface area contributed by atoms with E-state index in [-0.39, 0.29) is 33.8 Å². The van der Waals surface area contributed by atoms with Crippen molar-refractivity contribution in [3.05, 3.63) is 105 Å². The van der Waals surface area contributed by atoms with Crippen molar-refractivity contribution in [1.29, 1.82) is 0 Å². The first-order valence-corrected chi connectivity index (χ1v) is 10.9. The molecule has 194 valence electrons. The van der Waals surface area contributed by atoms with Crippen molar-refractivity contribution in [3.8, 4) is 11.4 Å². The number of rotatable bonds is 6. The zero-order valence-electron chi connectivity index (χ0n) is 19.5. The number of phenols is 1. The summed E-state index contributed by atoms with van der Waals surface area (Å²) in [6.07, 6.45) is -2.49. The van der Waals surface area contributed by atoms with Crippen LogP contribution in [0.4, 0.5) is 28.9 Å². The molecule has 12 heteroatoms. The number of halogens is 4. The number of aryl methyl sites for hydroxylation is 1. The van der Waals surface area contributed by atoms with E-state index < -0.39 is 34.8 Å². The van der Waals surface area contributed by atoms with Crippen molar-refractivity contribution in [2.75, 3.05) is 0 Å². The molecule has 0 unspecified atom stereocenters. The Morgan fingerprint density at radius 1 is 1.00 bits per heavy atom. The molecular weight excluding hydrogens is 508 g/mol. The average molecular weight is 526 g/mol. The van der Waals surface area contributed by atoms with Gasteiger partial charge in [-0.2, -0.15) is 13.2 Å². The van der Waals surface area contributed by atoms with Gasteiger partial charge in [0.25, 0.3) is 5.56 Å². The molecular formula is C26H18F4N4O4. The van der Waals surface area contributed by atoms with Crippen molar-refractivity contribution in [3.63, 3.8) is 0 Å². The van der Waals surface area contributed by atoms with E-state index in [9.17, 15) is 37.4 Å². The summed E-state index contributed by atoms with van der Waals surface area (Å²) in [4.78, 5) is 24.1. The van der Waals surface area contributed by atoms with Crippen LogP contribution in [0, 0.1) is 12.7 Å². The minimum absolute atomic E-state index is 0.0254. The monoisotopic (exact) mass is 526 g/mol. The zero-order valence-corrected chi connectivity index (χ0v) is 19.5. The van der Waals surface area contributed by atoms with Crippen LogP contribution in [0.5, 0.6) is 5.75 Å². The number of aromatic carboxylic acids is 1. The predicted molar refractivity (Wildman–Crippen MR) is 131 cm³/mol. The molecule has 0 atom stereocenters. The highest BCUT2D eigenvalue weighted by atomic mass is 19.4. The zero-order chi connectivity index (χ0) is 27.6. The maximum atomic E-state index is 13.4. The van der Waals surface area contributed by atoms with Gasteiger partial charge in [0.15, 0.2) is 5.69 Å². The summed E-state index contributed by atoms with van der Waals surface area (Å²) in [7, 11) is 0. The van der Waals surface area contributed by atoms with Gasteiger partial charge in [0, 0.05) is 5.56 Å². The largest absolute Gasteiger partial charge is 0.505 e. The van der Waals surface area contributed by atoms with Gasteiger partial charge < -0.3 is 10.2 Å². The fourth-order valence-corrected chi connectivity index (χ4v) is 3.58. The lowest BCUT2D eigenvalue weighted by atomic mass is 10.0. The van der Waals surface area contributed by atoms with Crippen LogP contribution in [0.15, 0.2) is 75.7 Å². The fourth-order valence-electron chi connectivity index (χ4n) is 3.58. The van der Waals surface area contributed by atoms with E-state index >= 15 is 0 Å². The van der Waals surface area contributed by atoms with Crippen LogP contribution in [-0.4, -0.2) is 26.0 Å². The summed E-state index contributed by atoms with van der Waals surface area (Å²) in [5.74, 6) is -2.61. The number of carboxylic acids is 1. The number of aromatic hydroxyl groups is 1. The third-order valence-electron chi connectivity index (χ3n) is 5.46. The van der Waals surface area contributed by atoms with Crippen LogP contribution in [0.25, 0.3) is 17.8 Å². The molecule has 1 heterocycles. The number of benzene rings is 3. The van der Waals surface area contributed by atoms with E-state index in [1.165, 1.54) is 48.5 Å². The molecule has 0 saturated carbocycles. The summed E-state index contributed by atoms with van der Waals surface area (Å²) in [6.45, 7) is 1.55. The minimum Gasteiger partial charge on any atom is -0.505 e. The Labute approximate surface area is 211 Å². The van der Waals surface area contributed by atoms with Crippen LogP contribution in [0.1, 0.15) is 32.7 Å². The number of para-hydroxylation sites is 1. The summed E-state index contributed by atoms with van der Waals surface area (Å²) in [5, 5.41) is 30.4. The number of aromatic nitrogens is 2. The molecule has 1 aromatic heterocycles. The molecule has 4 aromatic rings. The Morgan fingerprint density at radius 3 is 2.42 bits per heavy atom. The number of carboxylic acid groups (broad SMARTS) is 1. The number of aromatic amines is 1. The van der Waals surface area contributed by atoms with Crippen LogP contribution in [-0.2, 0) is 6.18 Å². The lowest BCUT2D eigenvalue weighted by molar-refractivity contribution is -0.137. The molecule has 38 heavy (non-hydrogen) atoms. The second-order valence-corrected chi connectivity index (χ2v) is 8.06. The van der Waals surface area contributed by atoms with Crippen molar-refractivity contribution in [1.82, 2.24) is 9.78 Å². The number of carbonyl (C=O) groups is 1.